The van der Waals surface area contributed by atoms with Crippen LogP contribution in [0.2, 0.25) is 0 Å². The van der Waals surface area contributed by atoms with Crippen LogP contribution < -0.4 is 0 Å². The third-order valence-corrected chi connectivity index (χ3v) is 14.0. The summed E-state index contributed by atoms with van der Waals surface area (Å²) in [5.74, 6) is 0.342. The fourth-order valence-electron chi connectivity index (χ4n) is 11.0. The first-order valence-electron chi connectivity index (χ1n) is 22.3. The Morgan fingerprint density at radius 3 is 2.10 bits per heavy atom. The van der Waals surface area contributed by atoms with Crippen LogP contribution in [0.4, 0.5) is 0 Å². The van der Waals surface area contributed by atoms with Crippen LogP contribution >= 0.6 is 0 Å². The van der Waals surface area contributed by atoms with E-state index in [4.69, 9.17) is 0 Å². The Morgan fingerprint density at radius 1 is 0.452 bits per heavy atom. The van der Waals surface area contributed by atoms with Crippen molar-refractivity contribution in [2.45, 2.75) is 38.0 Å². The van der Waals surface area contributed by atoms with E-state index in [9.17, 15) is 0 Å². The molecule has 0 saturated heterocycles. The molecule has 0 amide bonds. The SMILES string of the molecule is C1=CCCC(c2ccc(-n3c4ccc(n5c6ccccc6c6c7c8ccccc8ccc7c7ccc(cc7c65)c5cccc(c5)c5cc(C6C=CC=CC6)ccc53)CC4)cc2)=C1. The minimum absolute atomic E-state index is 0.342. The van der Waals surface area contributed by atoms with Gasteiger partial charge in [-0.25, -0.2) is 0 Å². The van der Waals surface area contributed by atoms with Crippen LogP contribution in [0.5, 0.6) is 0 Å². The van der Waals surface area contributed by atoms with Crippen molar-refractivity contribution in [3.8, 4) is 5.69 Å². The van der Waals surface area contributed by atoms with Gasteiger partial charge >= 0.3 is 0 Å². The molecule has 0 spiro atoms. The molecular weight excluding hydrogens is 749 g/mol. The molecule has 8 aromatic carbocycles. The van der Waals surface area contributed by atoms with Gasteiger partial charge in [-0.1, -0.05) is 146 Å². The van der Waals surface area contributed by atoms with Crippen molar-refractivity contribution in [2.75, 3.05) is 0 Å². The second-order valence-corrected chi connectivity index (χ2v) is 17.4. The number of benzene rings is 8. The summed E-state index contributed by atoms with van der Waals surface area (Å²) in [6.07, 6.45) is 20.8. The molecule has 10 aromatic rings. The minimum Gasteiger partial charge on any atom is -0.314 e. The molecule has 4 aliphatic rings. The predicted octanol–water partition coefficient (Wildman–Crippen LogP) is 15.9. The molecule has 62 heavy (non-hydrogen) atoms. The van der Waals surface area contributed by atoms with Crippen molar-refractivity contribution in [2.24, 2.45) is 0 Å². The summed E-state index contributed by atoms with van der Waals surface area (Å²) < 4.78 is 5.16. The van der Waals surface area contributed by atoms with E-state index in [1.165, 1.54) is 115 Å². The number of aromatic nitrogens is 2. The molecule has 3 aliphatic carbocycles. The third-order valence-electron chi connectivity index (χ3n) is 14.0. The van der Waals surface area contributed by atoms with Gasteiger partial charge in [-0.3, -0.25) is 0 Å². The number of fused-ring (bicyclic) bond motifs is 9. The minimum atomic E-state index is 0.342. The molecule has 1 unspecified atom stereocenters. The van der Waals surface area contributed by atoms with E-state index in [1.807, 2.05) is 0 Å². The molecule has 2 heteroatoms. The second kappa shape index (κ2) is 14.1. The van der Waals surface area contributed by atoms with Crippen LogP contribution in [-0.4, -0.2) is 8.97 Å². The van der Waals surface area contributed by atoms with E-state index in [0.29, 0.717) is 5.92 Å². The Hall–Kier alpha value is -7.42. The van der Waals surface area contributed by atoms with Gasteiger partial charge in [0.05, 0.1) is 16.6 Å². The van der Waals surface area contributed by atoms with Crippen molar-refractivity contribution in [1.29, 1.82) is 0 Å². The average molecular weight is 793 g/mol. The lowest BCUT2D eigenvalue weighted by Crippen LogP contribution is -2.09. The average Bonchev–Trinajstić information content (AvgIpc) is 3.70. The molecule has 1 atom stereocenters. The van der Waals surface area contributed by atoms with Crippen molar-refractivity contribution in [3.05, 3.63) is 223 Å². The van der Waals surface area contributed by atoms with Crippen LogP contribution in [0.1, 0.15) is 47.7 Å². The Labute approximate surface area is 360 Å². The monoisotopic (exact) mass is 792 g/mol. The van der Waals surface area contributed by atoms with E-state index in [0.717, 1.165) is 32.1 Å². The molecule has 0 radical (unpaired) electrons. The Morgan fingerprint density at radius 2 is 1.24 bits per heavy atom. The van der Waals surface area contributed by atoms with Gasteiger partial charge < -0.3 is 8.97 Å². The number of nitrogens with zero attached hydrogens (tertiary/aromatic N) is 2. The van der Waals surface area contributed by atoms with E-state index in [2.05, 4.69) is 209 Å². The number of rotatable bonds is 3. The molecule has 0 N–H and O–H groups in total. The van der Waals surface area contributed by atoms with Crippen molar-refractivity contribution >= 4 is 86.8 Å². The molecule has 3 heterocycles. The maximum absolute atomic E-state index is 2.61. The summed E-state index contributed by atoms with van der Waals surface area (Å²) in [4.78, 5) is 0. The van der Waals surface area contributed by atoms with Gasteiger partial charge in [-0.2, -0.15) is 0 Å². The number of aryl methyl sites for hydroxylation is 2. The predicted molar refractivity (Wildman–Crippen MR) is 265 cm³/mol. The summed E-state index contributed by atoms with van der Waals surface area (Å²) >= 11 is 0. The van der Waals surface area contributed by atoms with Crippen molar-refractivity contribution < 1.29 is 0 Å². The first-order valence-corrected chi connectivity index (χ1v) is 22.3. The van der Waals surface area contributed by atoms with Crippen LogP contribution in [0, 0.1) is 0 Å². The lowest BCUT2D eigenvalue weighted by Gasteiger charge is -2.20. The molecule has 14 rings (SSSR count). The zero-order valence-corrected chi connectivity index (χ0v) is 34.6. The number of hydrogen-bond acceptors (Lipinski definition) is 0. The topological polar surface area (TPSA) is 9.34 Å². The fraction of sp³-hybridized carbons (Fsp3) is 0.100. The summed E-state index contributed by atoms with van der Waals surface area (Å²) in [5, 5.41) is 15.4. The molecule has 1 aliphatic heterocycles. The first-order chi connectivity index (χ1) is 30.7. The van der Waals surface area contributed by atoms with Gasteiger partial charge in [-0.05, 0) is 141 Å². The standard InChI is InChI=1S/C60H44N2/c1-3-12-39(13-4-1)41-22-27-47(28-23-41)61-48-29-31-49(32-30-48)62-56-21-10-9-20-53(56)59-58-50-19-8-7-16-42(50)24-34-52(58)51-33-25-45(38-55(51)60(59)62)43-17-11-18-46(36-43)54-37-44(26-35-57(54)61)40-14-5-2-6-15-40/h1-3,5-12,14,16-29,31,33-38,40H,4,13,15,30,32H2. The summed E-state index contributed by atoms with van der Waals surface area (Å²) in [7, 11) is 0. The maximum Gasteiger partial charge on any atom is 0.0623 e. The summed E-state index contributed by atoms with van der Waals surface area (Å²) in [6.45, 7) is 0. The highest BCUT2D eigenvalue weighted by Crippen LogP contribution is 2.44. The van der Waals surface area contributed by atoms with Gasteiger partial charge in [-0.15, -0.1) is 0 Å². The first kappa shape index (κ1) is 35.3. The molecule has 0 fully saturated rings. The summed E-state index contributed by atoms with van der Waals surface area (Å²) in [5.41, 5.74) is 11.6. The van der Waals surface area contributed by atoms with Crippen molar-refractivity contribution in [1.82, 2.24) is 8.97 Å². The van der Waals surface area contributed by atoms with Gasteiger partial charge in [0, 0.05) is 49.9 Å². The number of hydrogen-bond donors (Lipinski definition) is 0. The highest BCUT2D eigenvalue weighted by Gasteiger charge is 2.21. The largest absolute Gasteiger partial charge is 0.314 e. The summed E-state index contributed by atoms with van der Waals surface area (Å²) in [6, 6.07) is 60.6. The van der Waals surface area contributed by atoms with E-state index < -0.39 is 0 Å². The van der Waals surface area contributed by atoms with Crippen molar-refractivity contribution in [3.63, 3.8) is 0 Å². The van der Waals surface area contributed by atoms with Gasteiger partial charge in [0.15, 0.2) is 0 Å². The Balaban J connectivity index is 1.22. The lowest BCUT2D eigenvalue weighted by molar-refractivity contribution is 0.821. The molecular formula is C60H44N2. The van der Waals surface area contributed by atoms with Crippen LogP contribution in [-0.2, 0) is 12.8 Å². The maximum atomic E-state index is 2.61. The second-order valence-electron chi connectivity index (χ2n) is 17.4. The van der Waals surface area contributed by atoms with Gasteiger partial charge in [0.25, 0.3) is 0 Å². The van der Waals surface area contributed by atoms with Crippen LogP contribution in [0.3, 0.4) is 0 Å². The Kier molecular flexibility index (Phi) is 8.03. The molecule has 2 aromatic heterocycles. The van der Waals surface area contributed by atoms with E-state index in [1.54, 1.807) is 0 Å². The van der Waals surface area contributed by atoms with Crippen LogP contribution in [0.25, 0.3) is 92.4 Å². The molecule has 0 saturated carbocycles. The normalized spacial score (nSPS) is 15.8. The molecule has 294 valence electrons. The highest BCUT2D eigenvalue weighted by molar-refractivity contribution is 6.37. The zero-order chi connectivity index (χ0) is 40.7. The van der Waals surface area contributed by atoms with Crippen LogP contribution in [0.15, 0.2) is 200 Å². The smallest absolute Gasteiger partial charge is 0.0623 e. The number of allylic oxidation sites excluding steroid dienone is 8. The zero-order valence-electron chi connectivity index (χ0n) is 34.6. The quantitative estimate of drug-likeness (QED) is 0.158. The van der Waals surface area contributed by atoms with Gasteiger partial charge in [0.1, 0.15) is 0 Å². The van der Waals surface area contributed by atoms with Gasteiger partial charge in [0.2, 0.25) is 0 Å². The Bertz CT molecular complexity index is 3770. The lowest BCUT2D eigenvalue weighted by atomic mass is 9.91. The van der Waals surface area contributed by atoms with E-state index >= 15 is 0 Å². The molecule has 6 bridgehead atoms. The highest BCUT2D eigenvalue weighted by atomic mass is 15.0. The molecule has 2 nitrogen and oxygen atoms in total. The third kappa shape index (κ3) is 5.49. The van der Waals surface area contributed by atoms with E-state index in [-0.39, 0.29) is 0 Å². The fourth-order valence-corrected chi connectivity index (χ4v) is 11.0. The number of para-hydroxylation sites is 1.